The predicted molar refractivity (Wildman–Crippen MR) is 77.8 cm³/mol. The number of carbonyl (C=O) groups excluding carboxylic acids is 1. The van der Waals surface area contributed by atoms with Gasteiger partial charge < -0.3 is 14.6 Å². The molecule has 1 fully saturated rings. The van der Waals surface area contributed by atoms with Gasteiger partial charge in [0, 0.05) is 13.1 Å². The highest BCUT2D eigenvalue weighted by molar-refractivity contribution is 7.13. The Balaban J connectivity index is 1.58. The number of aromatic nitrogens is 1. The molecule has 1 saturated heterocycles. The van der Waals surface area contributed by atoms with Crippen LogP contribution in [0.3, 0.4) is 0 Å². The Labute approximate surface area is 121 Å². The summed E-state index contributed by atoms with van der Waals surface area (Å²) in [5.41, 5.74) is 0.369. The van der Waals surface area contributed by atoms with Crippen molar-refractivity contribution < 1.29 is 9.21 Å². The Morgan fingerprint density at radius 2 is 2.30 bits per heavy atom. The van der Waals surface area contributed by atoms with Crippen molar-refractivity contribution in [2.24, 2.45) is 0 Å². The fraction of sp³-hybridized carbons (Fsp3) is 0.429. The van der Waals surface area contributed by atoms with E-state index in [0.717, 1.165) is 24.5 Å². The molecule has 2 aromatic heterocycles. The number of hydrogen-bond donors (Lipinski definition) is 1. The molecule has 2 aromatic rings. The van der Waals surface area contributed by atoms with E-state index in [0.29, 0.717) is 18.0 Å². The molecule has 1 aliphatic heterocycles. The van der Waals surface area contributed by atoms with Crippen LogP contribution in [0.4, 0.5) is 0 Å². The summed E-state index contributed by atoms with van der Waals surface area (Å²) < 4.78 is 5.34. The molecule has 0 aromatic carbocycles. The smallest absolute Gasteiger partial charge is 0.274 e. The van der Waals surface area contributed by atoms with E-state index >= 15 is 0 Å². The normalized spacial score (nSPS) is 15.6. The Morgan fingerprint density at radius 3 is 3.05 bits per heavy atom. The van der Waals surface area contributed by atoms with Crippen LogP contribution in [0.25, 0.3) is 10.6 Å². The molecule has 0 unspecified atom stereocenters. The summed E-state index contributed by atoms with van der Waals surface area (Å²) in [6.07, 6.45) is 3.85. The minimum Gasteiger partial charge on any atom is -0.442 e. The highest BCUT2D eigenvalue weighted by atomic mass is 32.1. The number of oxazole rings is 1. The number of amides is 1. The maximum absolute atomic E-state index is 12.1. The van der Waals surface area contributed by atoms with Gasteiger partial charge in [0.25, 0.3) is 5.91 Å². The second kappa shape index (κ2) is 6.19. The van der Waals surface area contributed by atoms with Crippen molar-refractivity contribution in [1.29, 1.82) is 0 Å². The van der Waals surface area contributed by atoms with E-state index in [4.69, 9.17) is 4.42 Å². The van der Waals surface area contributed by atoms with Crippen LogP contribution < -0.4 is 5.32 Å². The molecule has 0 atom stereocenters. The predicted octanol–water partition coefficient (Wildman–Crippen LogP) is 2.23. The standard InChI is InChI=1S/C14H17N3O2S/c18-14(15-5-8-17-6-1-2-7-17)12-13(19-10-16-12)11-4-3-9-20-11/h3-4,9-10H,1-2,5-8H2,(H,15,18). The topological polar surface area (TPSA) is 58.4 Å². The molecule has 0 radical (unpaired) electrons. The van der Waals surface area contributed by atoms with Gasteiger partial charge >= 0.3 is 0 Å². The van der Waals surface area contributed by atoms with Crippen molar-refractivity contribution in [3.05, 3.63) is 29.6 Å². The molecule has 1 amide bonds. The summed E-state index contributed by atoms with van der Waals surface area (Å²) in [7, 11) is 0. The lowest BCUT2D eigenvalue weighted by molar-refractivity contribution is 0.0945. The minimum atomic E-state index is -0.165. The van der Waals surface area contributed by atoms with Crippen LogP contribution in [-0.2, 0) is 0 Å². The summed E-state index contributed by atoms with van der Waals surface area (Å²) >= 11 is 1.53. The molecule has 20 heavy (non-hydrogen) atoms. The number of hydrogen-bond acceptors (Lipinski definition) is 5. The molecule has 3 heterocycles. The molecular formula is C14H17N3O2S. The van der Waals surface area contributed by atoms with Crippen molar-refractivity contribution in [2.45, 2.75) is 12.8 Å². The monoisotopic (exact) mass is 291 g/mol. The minimum absolute atomic E-state index is 0.165. The number of nitrogens with one attached hydrogen (secondary N) is 1. The summed E-state index contributed by atoms with van der Waals surface area (Å²) in [4.78, 5) is 19.5. The van der Waals surface area contributed by atoms with Crippen LogP contribution in [-0.4, -0.2) is 42.0 Å². The van der Waals surface area contributed by atoms with E-state index in [1.807, 2.05) is 17.5 Å². The van der Waals surface area contributed by atoms with E-state index < -0.39 is 0 Å². The Kier molecular flexibility index (Phi) is 4.13. The molecule has 5 nitrogen and oxygen atoms in total. The van der Waals surface area contributed by atoms with Crippen LogP contribution in [0.5, 0.6) is 0 Å². The maximum atomic E-state index is 12.1. The molecule has 106 valence electrons. The molecule has 1 aliphatic rings. The fourth-order valence-corrected chi connectivity index (χ4v) is 3.12. The van der Waals surface area contributed by atoms with Gasteiger partial charge in [-0.2, -0.15) is 0 Å². The number of thiophene rings is 1. The lowest BCUT2D eigenvalue weighted by Crippen LogP contribution is -2.33. The van der Waals surface area contributed by atoms with Gasteiger partial charge in [-0.15, -0.1) is 11.3 Å². The molecule has 0 bridgehead atoms. The molecular weight excluding hydrogens is 274 g/mol. The summed E-state index contributed by atoms with van der Waals surface area (Å²) in [5, 5.41) is 4.87. The van der Waals surface area contributed by atoms with Gasteiger partial charge in [-0.25, -0.2) is 4.98 Å². The Bertz CT molecular complexity index is 559. The van der Waals surface area contributed by atoms with Crippen molar-refractivity contribution in [3.8, 4) is 10.6 Å². The lowest BCUT2D eigenvalue weighted by Gasteiger charge is -2.14. The van der Waals surface area contributed by atoms with E-state index in [2.05, 4.69) is 15.2 Å². The zero-order valence-electron chi connectivity index (χ0n) is 11.2. The largest absolute Gasteiger partial charge is 0.442 e. The van der Waals surface area contributed by atoms with Crippen LogP contribution in [0.15, 0.2) is 28.3 Å². The van der Waals surface area contributed by atoms with Crippen molar-refractivity contribution >= 4 is 17.2 Å². The first-order valence-electron chi connectivity index (χ1n) is 6.82. The zero-order chi connectivity index (χ0) is 13.8. The Hall–Kier alpha value is -1.66. The van der Waals surface area contributed by atoms with Crippen LogP contribution >= 0.6 is 11.3 Å². The quantitative estimate of drug-likeness (QED) is 0.917. The highest BCUT2D eigenvalue weighted by Gasteiger charge is 2.19. The third-order valence-electron chi connectivity index (χ3n) is 3.44. The van der Waals surface area contributed by atoms with Gasteiger partial charge in [-0.1, -0.05) is 6.07 Å². The second-order valence-corrected chi connectivity index (χ2v) is 5.76. The van der Waals surface area contributed by atoms with E-state index in [1.165, 1.54) is 30.6 Å². The zero-order valence-corrected chi connectivity index (χ0v) is 12.0. The third-order valence-corrected chi connectivity index (χ3v) is 4.31. The highest BCUT2D eigenvalue weighted by Crippen LogP contribution is 2.27. The maximum Gasteiger partial charge on any atom is 0.274 e. The second-order valence-electron chi connectivity index (χ2n) is 4.81. The van der Waals surface area contributed by atoms with E-state index in [1.54, 1.807) is 0 Å². The molecule has 0 saturated carbocycles. The molecule has 1 N–H and O–H groups in total. The lowest BCUT2D eigenvalue weighted by atomic mass is 10.3. The van der Waals surface area contributed by atoms with E-state index in [9.17, 15) is 4.79 Å². The molecule has 0 spiro atoms. The fourth-order valence-electron chi connectivity index (χ4n) is 2.41. The first-order valence-corrected chi connectivity index (χ1v) is 7.70. The SMILES string of the molecule is O=C(NCCN1CCCC1)c1ncoc1-c1cccs1. The third kappa shape index (κ3) is 2.91. The summed E-state index contributed by atoms with van der Waals surface area (Å²) in [6.45, 7) is 3.83. The molecule has 6 heteroatoms. The van der Waals surface area contributed by atoms with Crippen molar-refractivity contribution in [3.63, 3.8) is 0 Å². The number of carbonyl (C=O) groups is 1. The van der Waals surface area contributed by atoms with Crippen molar-refractivity contribution in [2.75, 3.05) is 26.2 Å². The van der Waals surface area contributed by atoms with E-state index in [-0.39, 0.29) is 5.91 Å². The van der Waals surface area contributed by atoms with Gasteiger partial charge in [-0.05, 0) is 37.4 Å². The average Bonchev–Trinajstić information content (AvgIpc) is 3.19. The van der Waals surface area contributed by atoms with Crippen LogP contribution in [0, 0.1) is 0 Å². The average molecular weight is 291 g/mol. The van der Waals surface area contributed by atoms with Gasteiger partial charge in [0.15, 0.2) is 17.8 Å². The molecule has 3 rings (SSSR count). The first-order chi connectivity index (χ1) is 9.84. The van der Waals surface area contributed by atoms with Gasteiger partial charge in [0.1, 0.15) is 0 Å². The Morgan fingerprint density at radius 1 is 1.45 bits per heavy atom. The van der Waals surface area contributed by atoms with Gasteiger partial charge in [0.05, 0.1) is 4.88 Å². The molecule has 0 aliphatic carbocycles. The first kappa shape index (κ1) is 13.3. The van der Waals surface area contributed by atoms with Crippen LogP contribution in [0.2, 0.25) is 0 Å². The van der Waals surface area contributed by atoms with Crippen molar-refractivity contribution in [1.82, 2.24) is 15.2 Å². The number of nitrogens with zero attached hydrogens (tertiary/aromatic N) is 2. The van der Waals surface area contributed by atoms with Gasteiger partial charge in [-0.3, -0.25) is 4.79 Å². The van der Waals surface area contributed by atoms with Gasteiger partial charge in [0.2, 0.25) is 0 Å². The summed E-state index contributed by atoms with van der Waals surface area (Å²) in [5.74, 6) is 0.389. The number of rotatable bonds is 5. The summed E-state index contributed by atoms with van der Waals surface area (Å²) in [6, 6.07) is 3.85. The van der Waals surface area contributed by atoms with Crippen LogP contribution in [0.1, 0.15) is 23.3 Å². The number of likely N-dealkylation sites (tertiary alicyclic amines) is 1.